The van der Waals surface area contributed by atoms with E-state index in [1.54, 1.807) is 6.07 Å². The van der Waals surface area contributed by atoms with Crippen LogP contribution < -0.4 is 11.0 Å². The fourth-order valence-corrected chi connectivity index (χ4v) is 3.67. The van der Waals surface area contributed by atoms with Gasteiger partial charge in [0.15, 0.2) is 0 Å². The zero-order valence-electron chi connectivity index (χ0n) is 15.7. The first kappa shape index (κ1) is 18.8. The molecule has 0 aliphatic rings. The second-order valence-electron chi connectivity index (χ2n) is 6.56. The summed E-state index contributed by atoms with van der Waals surface area (Å²) in [5.74, 6) is -0.301. The third kappa shape index (κ3) is 4.17. The monoisotopic (exact) mass is 405 g/mol. The Labute approximate surface area is 171 Å². The summed E-state index contributed by atoms with van der Waals surface area (Å²) in [7, 11) is 0. The average molecular weight is 405 g/mol. The summed E-state index contributed by atoms with van der Waals surface area (Å²) in [6.07, 6.45) is 0. The summed E-state index contributed by atoms with van der Waals surface area (Å²) in [4.78, 5) is 24.7. The van der Waals surface area contributed by atoms with E-state index in [0.717, 1.165) is 21.4 Å². The molecule has 2 heterocycles. The normalized spacial score (nSPS) is 11.9. The van der Waals surface area contributed by atoms with Crippen molar-refractivity contribution >= 4 is 17.2 Å². The van der Waals surface area contributed by atoms with E-state index in [4.69, 9.17) is 0 Å². The van der Waals surface area contributed by atoms with E-state index in [0.29, 0.717) is 5.00 Å². The molecule has 7 nitrogen and oxygen atoms in total. The molecule has 4 aromatic rings. The van der Waals surface area contributed by atoms with Crippen molar-refractivity contribution in [3.63, 3.8) is 0 Å². The van der Waals surface area contributed by atoms with Crippen LogP contribution in [0.25, 0.3) is 16.1 Å². The van der Waals surface area contributed by atoms with Crippen molar-refractivity contribution in [2.24, 2.45) is 0 Å². The smallest absolute Gasteiger partial charge is 0.348 e. The molecule has 0 saturated heterocycles. The first-order valence-corrected chi connectivity index (χ1v) is 10.0. The van der Waals surface area contributed by atoms with Gasteiger partial charge in [-0.25, -0.2) is 4.79 Å². The van der Waals surface area contributed by atoms with Gasteiger partial charge in [-0.05, 0) is 51.6 Å². The second kappa shape index (κ2) is 8.24. The quantitative estimate of drug-likeness (QED) is 0.535. The molecule has 146 valence electrons. The highest BCUT2D eigenvalue weighted by Gasteiger charge is 2.15. The van der Waals surface area contributed by atoms with Gasteiger partial charge < -0.3 is 5.32 Å². The van der Waals surface area contributed by atoms with Crippen LogP contribution >= 0.6 is 11.3 Å². The molecule has 2 aromatic carbocycles. The number of tetrazole rings is 1. The number of nitrogens with zero attached hydrogens (tertiary/aromatic N) is 4. The van der Waals surface area contributed by atoms with Gasteiger partial charge in [-0.15, -0.1) is 11.3 Å². The Hall–Kier alpha value is -3.52. The van der Waals surface area contributed by atoms with Gasteiger partial charge in [0.2, 0.25) is 5.91 Å². The molecule has 0 aliphatic heterocycles. The van der Waals surface area contributed by atoms with Crippen LogP contribution in [-0.4, -0.2) is 25.7 Å². The Balaban J connectivity index is 1.40. The van der Waals surface area contributed by atoms with Crippen molar-refractivity contribution in [3.8, 4) is 16.1 Å². The minimum Gasteiger partial charge on any atom is -0.348 e. The van der Waals surface area contributed by atoms with Crippen LogP contribution in [0.3, 0.4) is 0 Å². The molecule has 0 radical (unpaired) electrons. The number of hydrogen-bond acceptors (Lipinski definition) is 5. The van der Waals surface area contributed by atoms with Gasteiger partial charge in [-0.3, -0.25) is 4.79 Å². The molecule has 29 heavy (non-hydrogen) atoms. The lowest BCUT2D eigenvalue weighted by Gasteiger charge is -2.14. The highest BCUT2D eigenvalue weighted by molar-refractivity contribution is 7.12. The number of thiophene rings is 1. The highest BCUT2D eigenvalue weighted by atomic mass is 32.1. The van der Waals surface area contributed by atoms with Crippen LogP contribution in [0.2, 0.25) is 0 Å². The number of aromatic nitrogens is 4. The van der Waals surface area contributed by atoms with Crippen molar-refractivity contribution in [3.05, 3.63) is 88.2 Å². The maximum absolute atomic E-state index is 12.4. The highest BCUT2D eigenvalue weighted by Crippen LogP contribution is 2.21. The molecule has 0 fully saturated rings. The zero-order valence-corrected chi connectivity index (χ0v) is 16.5. The van der Waals surface area contributed by atoms with Crippen molar-refractivity contribution in [1.29, 1.82) is 0 Å². The van der Waals surface area contributed by atoms with E-state index < -0.39 is 5.69 Å². The summed E-state index contributed by atoms with van der Waals surface area (Å²) in [6, 6.07) is 21.5. The summed E-state index contributed by atoms with van der Waals surface area (Å²) in [5.41, 5.74) is 2.80. The number of carbonyl (C=O) groups excluding carboxylic acids is 1. The summed E-state index contributed by atoms with van der Waals surface area (Å²) < 4.78 is 2.24. The van der Waals surface area contributed by atoms with Crippen molar-refractivity contribution < 1.29 is 4.79 Å². The maximum Gasteiger partial charge on any atom is 0.369 e. The van der Waals surface area contributed by atoms with Gasteiger partial charge in [0, 0.05) is 0 Å². The Bertz CT molecular complexity index is 1150. The molecule has 0 spiro atoms. The van der Waals surface area contributed by atoms with Crippen molar-refractivity contribution in [1.82, 2.24) is 25.1 Å². The third-order valence-electron chi connectivity index (χ3n) is 4.54. The molecule has 0 saturated carbocycles. The van der Waals surface area contributed by atoms with Gasteiger partial charge in [0.05, 0.1) is 6.04 Å². The van der Waals surface area contributed by atoms with Crippen LogP contribution in [0.5, 0.6) is 0 Å². The van der Waals surface area contributed by atoms with E-state index in [-0.39, 0.29) is 18.5 Å². The topological polar surface area (TPSA) is 81.8 Å². The summed E-state index contributed by atoms with van der Waals surface area (Å²) >= 11 is 1.38. The lowest BCUT2D eigenvalue weighted by molar-refractivity contribution is -0.122. The van der Waals surface area contributed by atoms with Gasteiger partial charge in [0.1, 0.15) is 11.5 Å². The summed E-state index contributed by atoms with van der Waals surface area (Å²) in [6.45, 7) is 1.72. The average Bonchev–Trinajstić information content (AvgIpc) is 3.39. The summed E-state index contributed by atoms with van der Waals surface area (Å²) in [5, 5.41) is 13.0. The minimum atomic E-state index is -0.442. The molecule has 1 unspecified atom stereocenters. The molecular formula is C21H19N5O2S. The van der Waals surface area contributed by atoms with E-state index in [1.165, 1.54) is 16.0 Å². The fourth-order valence-electron chi connectivity index (χ4n) is 3.00. The number of rotatable bonds is 6. The van der Waals surface area contributed by atoms with Gasteiger partial charge in [-0.1, -0.05) is 54.6 Å². The minimum absolute atomic E-state index is 0.184. The number of carbonyl (C=O) groups is 1. The predicted octanol–water partition coefficient (Wildman–Crippen LogP) is 3.03. The maximum atomic E-state index is 12.4. The van der Waals surface area contributed by atoms with E-state index in [9.17, 15) is 9.59 Å². The largest absolute Gasteiger partial charge is 0.369 e. The Morgan fingerprint density at radius 2 is 1.72 bits per heavy atom. The van der Waals surface area contributed by atoms with E-state index in [2.05, 4.69) is 27.9 Å². The lowest BCUT2D eigenvalue weighted by Crippen LogP contribution is -2.34. The van der Waals surface area contributed by atoms with Crippen LogP contribution in [-0.2, 0) is 11.3 Å². The van der Waals surface area contributed by atoms with Crippen molar-refractivity contribution in [2.45, 2.75) is 19.5 Å². The number of hydrogen-bond donors (Lipinski definition) is 1. The number of nitrogens with one attached hydrogen (secondary N) is 1. The lowest BCUT2D eigenvalue weighted by atomic mass is 10.0. The third-order valence-corrected chi connectivity index (χ3v) is 5.39. The zero-order chi connectivity index (χ0) is 20.2. The Kier molecular flexibility index (Phi) is 5.35. The van der Waals surface area contributed by atoms with Gasteiger partial charge in [-0.2, -0.15) is 9.36 Å². The first-order valence-electron chi connectivity index (χ1n) is 9.13. The van der Waals surface area contributed by atoms with Crippen LogP contribution in [0, 0.1) is 0 Å². The van der Waals surface area contributed by atoms with E-state index in [1.807, 2.05) is 60.8 Å². The molecule has 0 bridgehead atoms. The number of benzene rings is 2. The van der Waals surface area contributed by atoms with Crippen molar-refractivity contribution in [2.75, 3.05) is 0 Å². The van der Waals surface area contributed by atoms with Gasteiger partial charge >= 0.3 is 5.69 Å². The van der Waals surface area contributed by atoms with Crippen LogP contribution in [0.4, 0.5) is 0 Å². The molecule has 4 rings (SSSR count). The molecule has 2 aromatic heterocycles. The fraction of sp³-hybridized carbons (Fsp3) is 0.143. The number of amides is 1. The molecule has 1 amide bonds. The Morgan fingerprint density at radius 3 is 2.41 bits per heavy atom. The molecule has 0 aliphatic carbocycles. The standard InChI is InChI=1S/C21H19N5O2S/c1-15(16-9-11-18(12-10-16)17-6-3-2-4-7-17)22-19(27)14-25-21(28)26(24-23-25)20-8-5-13-29-20/h2-13,15H,14H2,1H3,(H,22,27). The molecule has 1 atom stereocenters. The molecule has 8 heteroatoms. The molecular weight excluding hydrogens is 386 g/mol. The van der Waals surface area contributed by atoms with Crippen LogP contribution in [0.15, 0.2) is 76.9 Å². The molecule has 1 N–H and O–H groups in total. The van der Waals surface area contributed by atoms with Crippen LogP contribution in [0.1, 0.15) is 18.5 Å². The van der Waals surface area contributed by atoms with Gasteiger partial charge in [0.25, 0.3) is 0 Å². The van der Waals surface area contributed by atoms with E-state index >= 15 is 0 Å². The second-order valence-corrected chi connectivity index (χ2v) is 7.49. The SMILES string of the molecule is CC(NC(=O)Cn1nnn(-c2cccs2)c1=O)c1ccc(-c2ccccc2)cc1. The Morgan fingerprint density at radius 1 is 1.00 bits per heavy atom. The predicted molar refractivity (Wildman–Crippen MR) is 112 cm³/mol. The first-order chi connectivity index (χ1) is 14.1.